The van der Waals surface area contributed by atoms with Gasteiger partial charge in [-0.15, -0.1) is 0 Å². The van der Waals surface area contributed by atoms with Crippen LogP contribution in [0.25, 0.3) is 0 Å². The van der Waals surface area contributed by atoms with Crippen molar-refractivity contribution in [2.45, 2.75) is 117 Å². The number of unbranched alkanes of at least 4 members (excludes halogenated alkanes) is 10. The van der Waals surface area contributed by atoms with Gasteiger partial charge in [-0.25, -0.2) is 0 Å². The number of carboxylic acids is 3. The number of aliphatic hydroxyl groups is 3. The van der Waals surface area contributed by atoms with Gasteiger partial charge in [-0.05, 0) is 25.7 Å². The van der Waals surface area contributed by atoms with E-state index in [0.29, 0.717) is 32.1 Å². The molecule has 0 heterocycles. The van der Waals surface area contributed by atoms with E-state index in [1.165, 1.54) is 44.9 Å². The second kappa shape index (κ2) is 27.5. The average molecular weight is 495 g/mol. The molecule has 6 N–H and O–H groups in total. The van der Waals surface area contributed by atoms with E-state index in [2.05, 4.69) is 6.92 Å². The summed E-state index contributed by atoms with van der Waals surface area (Å²) in [4.78, 5) is 30.2. The van der Waals surface area contributed by atoms with Gasteiger partial charge in [-0.2, -0.15) is 0 Å². The van der Waals surface area contributed by atoms with Gasteiger partial charge >= 0.3 is 17.9 Å². The van der Waals surface area contributed by atoms with Gasteiger partial charge in [0.15, 0.2) is 0 Å². The van der Waals surface area contributed by atoms with Crippen molar-refractivity contribution in [3.05, 3.63) is 0 Å². The molecule has 0 saturated carbocycles. The molecule has 0 unspecified atom stereocenters. The fraction of sp³-hybridized carbons (Fsp3) is 0.880. The van der Waals surface area contributed by atoms with Crippen LogP contribution in [-0.4, -0.2) is 68.4 Å². The summed E-state index contributed by atoms with van der Waals surface area (Å²) < 4.78 is 0. The third-order valence-electron chi connectivity index (χ3n) is 5.53. The van der Waals surface area contributed by atoms with Crippen molar-refractivity contribution in [2.24, 2.45) is 5.41 Å². The molecule has 0 atom stereocenters. The lowest BCUT2D eigenvalue weighted by molar-refractivity contribution is -0.138. The number of aliphatic carboxylic acids is 3. The minimum atomic E-state index is -0.819. The first kappa shape index (κ1) is 36.9. The molecule has 0 aromatic heterocycles. The maximum Gasteiger partial charge on any atom is 0.303 e. The normalized spacial score (nSPS) is 10.5. The predicted molar refractivity (Wildman–Crippen MR) is 132 cm³/mol. The fourth-order valence-corrected chi connectivity index (χ4v) is 2.80. The molecule has 204 valence electrons. The summed E-state index contributed by atoms with van der Waals surface area (Å²) in [5, 5.41) is 50.8. The lowest BCUT2D eigenvalue weighted by Crippen LogP contribution is -2.32. The monoisotopic (exact) mass is 494 g/mol. The average Bonchev–Trinajstić information content (AvgIpc) is 2.80. The van der Waals surface area contributed by atoms with Gasteiger partial charge in [0.1, 0.15) is 0 Å². The molecule has 0 amide bonds. The van der Waals surface area contributed by atoms with E-state index in [1.807, 2.05) is 6.92 Å². The predicted octanol–water partition coefficient (Wildman–Crippen LogP) is 4.46. The molecule has 0 fully saturated rings. The number of hydrogen-bond donors (Lipinski definition) is 6. The second-order valence-corrected chi connectivity index (χ2v) is 8.65. The molecule has 34 heavy (non-hydrogen) atoms. The van der Waals surface area contributed by atoms with Gasteiger partial charge < -0.3 is 30.6 Å². The van der Waals surface area contributed by atoms with Crippen molar-refractivity contribution in [1.29, 1.82) is 0 Å². The topological polar surface area (TPSA) is 173 Å². The third-order valence-corrected chi connectivity index (χ3v) is 5.53. The molecule has 9 heteroatoms. The molecule has 0 aliphatic carbocycles. The van der Waals surface area contributed by atoms with E-state index in [4.69, 9.17) is 30.6 Å². The largest absolute Gasteiger partial charge is 0.481 e. The second-order valence-electron chi connectivity index (χ2n) is 8.65. The Balaban J connectivity index is -0.000000435. The van der Waals surface area contributed by atoms with Crippen LogP contribution in [-0.2, 0) is 14.4 Å². The number of carbonyl (C=O) groups is 3. The smallest absolute Gasteiger partial charge is 0.303 e. The number of hydrogen-bond acceptors (Lipinski definition) is 6. The Labute approximate surface area is 205 Å². The van der Waals surface area contributed by atoms with E-state index in [9.17, 15) is 14.4 Å². The van der Waals surface area contributed by atoms with E-state index < -0.39 is 23.3 Å². The number of carboxylic acid groups (broad SMARTS) is 3. The zero-order valence-electron chi connectivity index (χ0n) is 21.3. The lowest BCUT2D eigenvalue weighted by Gasteiger charge is -2.24. The molecular weight excluding hydrogens is 444 g/mol. The summed E-state index contributed by atoms with van der Waals surface area (Å²) in [6.45, 7) is 3.58. The molecular formula is C25H50O9. The van der Waals surface area contributed by atoms with Crippen molar-refractivity contribution in [2.75, 3.05) is 19.8 Å². The summed E-state index contributed by atoms with van der Waals surface area (Å²) >= 11 is 0. The Morgan fingerprint density at radius 1 is 0.500 bits per heavy atom. The van der Waals surface area contributed by atoms with Crippen LogP contribution in [0, 0.1) is 5.41 Å². The van der Waals surface area contributed by atoms with Gasteiger partial charge in [0.2, 0.25) is 0 Å². The van der Waals surface area contributed by atoms with Crippen molar-refractivity contribution < 1.29 is 45.0 Å². The first-order valence-electron chi connectivity index (χ1n) is 12.6. The van der Waals surface area contributed by atoms with Crippen molar-refractivity contribution in [3.8, 4) is 0 Å². The van der Waals surface area contributed by atoms with Crippen LogP contribution >= 0.6 is 0 Å². The molecule has 0 aromatic carbocycles. The highest BCUT2D eigenvalue weighted by Gasteiger charge is 2.24. The minimum Gasteiger partial charge on any atom is -0.481 e. The Morgan fingerprint density at radius 3 is 0.971 bits per heavy atom. The Morgan fingerprint density at radius 2 is 0.765 bits per heavy atom. The summed E-state index contributed by atoms with van der Waals surface area (Å²) in [5.41, 5.74) is -0.667. The van der Waals surface area contributed by atoms with Crippen LogP contribution in [0.1, 0.15) is 117 Å². The Kier molecular flexibility index (Phi) is 29.8. The molecule has 0 aliphatic rings. The number of aliphatic hydroxyl groups excluding tert-OH is 3. The highest BCUT2D eigenvalue weighted by molar-refractivity contribution is 5.67. The SMILES string of the molecule is CCC(CO)(CO)CO.CCCCCCCCCCCC(=O)O.O=C(O)CCCCCC(=O)O. The van der Waals surface area contributed by atoms with Crippen LogP contribution in [0.15, 0.2) is 0 Å². The third kappa shape index (κ3) is 30.3. The van der Waals surface area contributed by atoms with Gasteiger partial charge in [-0.1, -0.05) is 71.6 Å². The van der Waals surface area contributed by atoms with Crippen molar-refractivity contribution in [1.82, 2.24) is 0 Å². The molecule has 0 bridgehead atoms. The fourth-order valence-electron chi connectivity index (χ4n) is 2.80. The van der Waals surface area contributed by atoms with Crippen molar-refractivity contribution in [3.63, 3.8) is 0 Å². The number of rotatable bonds is 20. The highest BCUT2D eigenvalue weighted by Crippen LogP contribution is 2.18. The molecule has 0 aliphatic heterocycles. The van der Waals surface area contributed by atoms with E-state index in [1.54, 1.807) is 0 Å². The standard InChI is InChI=1S/C12H24O2.C7H12O4.C6H14O3/c1-2-3-4-5-6-7-8-9-10-11-12(13)14;8-6(9)4-2-1-3-5-7(10)11;1-2-6(3-7,4-8)5-9/h2-11H2,1H3,(H,13,14);1-5H2,(H,8,9)(H,10,11);7-9H,2-5H2,1H3. The van der Waals surface area contributed by atoms with Crippen LogP contribution in [0.4, 0.5) is 0 Å². The van der Waals surface area contributed by atoms with Crippen LogP contribution in [0.3, 0.4) is 0 Å². The van der Waals surface area contributed by atoms with E-state index in [-0.39, 0.29) is 32.7 Å². The summed E-state index contributed by atoms with van der Waals surface area (Å²) in [5.74, 6) is -2.30. The van der Waals surface area contributed by atoms with E-state index in [0.717, 1.165) is 12.8 Å². The highest BCUT2D eigenvalue weighted by atomic mass is 16.4. The maximum atomic E-state index is 10.2. The zero-order valence-corrected chi connectivity index (χ0v) is 21.3. The quantitative estimate of drug-likeness (QED) is 0.134. The Bertz CT molecular complexity index is 443. The van der Waals surface area contributed by atoms with Crippen LogP contribution in [0.5, 0.6) is 0 Å². The first-order valence-corrected chi connectivity index (χ1v) is 12.6. The van der Waals surface area contributed by atoms with Gasteiger partial charge in [0.25, 0.3) is 0 Å². The first-order chi connectivity index (χ1) is 16.1. The molecule has 0 radical (unpaired) electrons. The molecule has 0 rings (SSSR count). The Hall–Kier alpha value is -1.71. The lowest BCUT2D eigenvalue weighted by atomic mass is 9.88. The zero-order chi connectivity index (χ0) is 26.7. The van der Waals surface area contributed by atoms with E-state index >= 15 is 0 Å². The van der Waals surface area contributed by atoms with Gasteiger partial charge in [0.05, 0.1) is 19.8 Å². The minimum absolute atomic E-state index is 0.139. The van der Waals surface area contributed by atoms with Gasteiger partial charge in [-0.3, -0.25) is 14.4 Å². The van der Waals surface area contributed by atoms with Gasteiger partial charge in [0, 0.05) is 24.7 Å². The van der Waals surface area contributed by atoms with Crippen LogP contribution in [0.2, 0.25) is 0 Å². The summed E-state index contributed by atoms with van der Waals surface area (Å²) in [7, 11) is 0. The maximum absolute atomic E-state index is 10.2. The van der Waals surface area contributed by atoms with Crippen molar-refractivity contribution >= 4 is 17.9 Å². The molecule has 0 spiro atoms. The molecule has 0 aromatic rings. The summed E-state index contributed by atoms with van der Waals surface area (Å²) in [6.07, 6.45) is 14.2. The van der Waals surface area contributed by atoms with Crippen LogP contribution < -0.4 is 0 Å². The summed E-state index contributed by atoms with van der Waals surface area (Å²) in [6, 6.07) is 0. The molecule has 0 saturated heterocycles. The molecule has 9 nitrogen and oxygen atoms in total.